The maximum atomic E-state index is 12.8. The fourth-order valence-corrected chi connectivity index (χ4v) is 3.40. The summed E-state index contributed by atoms with van der Waals surface area (Å²) in [6, 6.07) is 18.7. The zero-order valence-electron chi connectivity index (χ0n) is 17.1. The predicted molar refractivity (Wildman–Crippen MR) is 114 cm³/mol. The third kappa shape index (κ3) is 3.87. The maximum absolute atomic E-state index is 12.8. The van der Waals surface area contributed by atoms with E-state index in [0.29, 0.717) is 29.4 Å². The van der Waals surface area contributed by atoms with Gasteiger partial charge in [-0.05, 0) is 48.4 Å². The van der Waals surface area contributed by atoms with Crippen molar-refractivity contribution in [2.24, 2.45) is 0 Å². The molecule has 0 fully saturated rings. The molecule has 0 bridgehead atoms. The van der Waals surface area contributed by atoms with E-state index in [9.17, 15) is 4.79 Å². The number of benzene rings is 3. The lowest BCUT2D eigenvalue weighted by Crippen LogP contribution is -2.00. The Labute approximate surface area is 175 Å². The van der Waals surface area contributed by atoms with Crippen LogP contribution >= 0.6 is 0 Å². The van der Waals surface area contributed by atoms with Gasteiger partial charge in [0, 0.05) is 11.6 Å². The Morgan fingerprint density at radius 1 is 0.933 bits per heavy atom. The Morgan fingerprint density at radius 2 is 1.70 bits per heavy atom. The molecular weight excluding hydrogens is 380 g/mol. The van der Waals surface area contributed by atoms with Crippen LogP contribution < -0.4 is 18.9 Å². The van der Waals surface area contributed by atoms with E-state index in [-0.39, 0.29) is 5.78 Å². The molecule has 0 aromatic heterocycles. The minimum Gasteiger partial charge on any atom is -0.497 e. The second kappa shape index (κ2) is 8.33. The Bertz CT molecular complexity index is 1110. The third-order valence-corrected chi connectivity index (χ3v) is 4.94. The van der Waals surface area contributed by atoms with Crippen LogP contribution in [0.5, 0.6) is 23.0 Å². The van der Waals surface area contributed by atoms with Crippen LogP contribution in [0.4, 0.5) is 0 Å². The molecule has 1 aliphatic heterocycles. The molecule has 3 aromatic carbocycles. The van der Waals surface area contributed by atoms with Gasteiger partial charge in [-0.3, -0.25) is 4.79 Å². The van der Waals surface area contributed by atoms with Gasteiger partial charge in [-0.1, -0.05) is 30.3 Å². The molecule has 0 saturated carbocycles. The molecule has 0 saturated heterocycles. The highest BCUT2D eigenvalue weighted by molar-refractivity contribution is 6.15. The smallest absolute Gasteiger partial charge is 0.232 e. The molecule has 0 unspecified atom stereocenters. The zero-order chi connectivity index (χ0) is 21.1. The average molecular weight is 402 g/mol. The second-order valence-electron chi connectivity index (χ2n) is 6.93. The summed E-state index contributed by atoms with van der Waals surface area (Å²) >= 11 is 0. The van der Waals surface area contributed by atoms with E-state index < -0.39 is 0 Å². The van der Waals surface area contributed by atoms with Crippen LogP contribution in [0.1, 0.15) is 27.0 Å². The number of allylic oxidation sites excluding steroid dienone is 1. The number of carbonyl (C=O) groups excluding carboxylic acids is 1. The molecule has 1 aliphatic rings. The molecule has 0 spiro atoms. The van der Waals surface area contributed by atoms with Gasteiger partial charge in [0.1, 0.15) is 29.6 Å². The predicted octanol–water partition coefficient (Wildman–Crippen LogP) is 5.21. The van der Waals surface area contributed by atoms with Crippen molar-refractivity contribution in [1.82, 2.24) is 0 Å². The van der Waals surface area contributed by atoms with Crippen LogP contribution in [-0.4, -0.2) is 20.0 Å². The van der Waals surface area contributed by atoms with Crippen molar-refractivity contribution in [3.63, 3.8) is 0 Å². The number of hydrogen-bond acceptors (Lipinski definition) is 5. The van der Waals surface area contributed by atoms with Crippen molar-refractivity contribution in [2.75, 3.05) is 14.2 Å². The molecule has 0 N–H and O–H groups in total. The Morgan fingerprint density at radius 3 is 2.43 bits per heavy atom. The SMILES string of the molecule is COc1ccc(/C=C2\Oc3cc(OCc4ccccc4OC)cc(C)c3C2=O)cc1. The molecule has 0 aliphatic carbocycles. The lowest BCUT2D eigenvalue weighted by molar-refractivity contribution is 0.101. The largest absolute Gasteiger partial charge is 0.497 e. The molecule has 0 atom stereocenters. The zero-order valence-corrected chi connectivity index (χ0v) is 17.1. The minimum absolute atomic E-state index is 0.130. The van der Waals surface area contributed by atoms with Gasteiger partial charge in [-0.2, -0.15) is 0 Å². The number of ketones is 1. The number of hydrogen-bond donors (Lipinski definition) is 0. The number of methoxy groups -OCH3 is 2. The van der Waals surface area contributed by atoms with E-state index >= 15 is 0 Å². The molecule has 0 amide bonds. The highest BCUT2D eigenvalue weighted by Gasteiger charge is 2.30. The normalized spacial score (nSPS) is 13.7. The van der Waals surface area contributed by atoms with Gasteiger partial charge in [-0.15, -0.1) is 0 Å². The lowest BCUT2D eigenvalue weighted by Gasteiger charge is -2.11. The van der Waals surface area contributed by atoms with Gasteiger partial charge in [0.15, 0.2) is 5.76 Å². The van der Waals surface area contributed by atoms with E-state index in [1.807, 2.05) is 61.5 Å². The van der Waals surface area contributed by atoms with Crippen LogP contribution in [0.25, 0.3) is 6.08 Å². The van der Waals surface area contributed by atoms with Crippen molar-refractivity contribution in [1.29, 1.82) is 0 Å². The van der Waals surface area contributed by atoms with Gasteiger partial charge in [0.25, 0.3) is 0 Å². The summed E-state index contributed by atoms with van der Waals surface area (Å²) in [5.74, 6) is 2.83. The van der Waals surface area contributed by atoms with Crippen LogP contribution in [0.3, 0.4) is 0 Å². The minimum atomic E-state index is -0.130. The van der Waals surface area contributed by atoms with E-state index in [1.54, 1.807) is 26.4 Å². The molecule has 3 aromatic rings. The van der Waals surface area contributed by atoms with E-state index in [2.05, 4.69) is 0 Å². The van der Waals surface area contributed by atoms with Gasteiger partial charge < -0.3 is 18.9 Å². The van der Waals surface area contributed by atoms with E-state index in [0.717, 1.165) is 28.2 Å². The first-order valence-corrected chi connectivity index (χ1v) is 9.56. The molecule has 30 heavy (non-hydrogen) atoms. The van der Waals surface area contributed by atoms with Crippen LogP contribution in [0, 0.1) is 6.92 Å². The monoisotopic (exact) mass is 402 g/mol. The van der Waals surface area contributed by atoms with Crippen LogP contribution in [0.2, 0.25) is 0 Å². The standard InChI is InChI=1S/C25H22O5/c1-16-12-20(29-15-18-6-4-5-7-21(18)28-3)14-22-24(16)25(26)23(30-22)13-17-8-10-19(27-2)11-9-17/h4-14H,15H2,1-3H3/b23-13-. The number of aryl methyl sites for hydroxylation is 1. The highest BCUT2D eigenvalue weighted by atomic mass is 16.5. The summed E-state index contributed by atoms with van der Waals surface area (Å²) in [7, 11) is 3.25. The summed E-state index contributed by atoms with van der Waals surface area (Å²) in [5, 5.41) is 0. The van der Waals surface area contributed by atoms with E-state index in [4.69, 9.17) is 18.9 Å². The lowest BCUT2D eigenvalue weighted by atomic mass is 10.0. The number of fused-ring (bicyclic) bond motifs is 1. The van der Waals surface area contributed by atoms with Gasteiger partial charge in [0.2, 0.25) is 5.78 Å². The molecule has 4 rings (SSSR count). The van der Waals surface area contributed by atoms with Gasteiger partial charge >= 0.3 is 0 Å². The molecule has 5 heteroatoms. The van der Waals surface area contributed by atoms with Crippen molar-refractivity contribution in [3.05, 3.63) is 88.7 Å². The first-order valence-electron chi connectivity index (χ1n) is 9.56. The van der Waals surface area contributed by atoms with Gasteiger partial charge in [-0.25, -0.2) is 0 Å². The molecule has 1 heterocycles. The molecule has 152 valence electrons. The van der Waals surface area contributed by atoms with Crippen molar-refractivity contribution in [3.8, 4) is 23.0 Å². The fourth-order valence-electron chi connectivity index (χ4n) is 3.40. The van der Waals surface area contributed by atoms with Crippen LogP contribution in [0.15, 0.2) is 66.4 Å². The number of Topliss-reactive ketones (excluding diaryl/α,β-unsaturated/α-hetero) is 1. The summed E-state index contributed by atoms with van der Waals surface area (Å²) < 4.78 is 22.4. The van der Waals surface area contributed by atoms with Crippen molar-refractivity contribution in [2.45, 2.75) is 13.5 Å². The highest BCUT2D eigenvalue weighted by Crippen LogP contribution is 2.38. The first-order chi connectivity index (χ1) is 14.6. The third-order valence-electron chi connectivity index (χ3n) is 4.94. The maximum Gasteiger partial charge on any atom is 0.232 e. The average Bonchev–Trinajstić information content (AvgIpc) is 3.08. The Balaban J connectivity index is 1.55. The van der Waals surface area contributed by atoms with Crippen molar-refractivity contribution < 1.29 is 23.7 Å². The van der Waals surface area contributed by atoms with E-state index in [1.165, 1.54) is 0 Å². The second-order valence-corrected chi connectivity index (χ2v) is 6.93. The van der Waals surface area contributed by atoms with Gasteiger partial charge in [0.05, 0.1) is 19.8 Å². The topological polar surface area (TPSA) is 54.0 Å². The summed E-state index contributed by atoms with van der Waals surface area (Å²) in [6.07, 6.45) is 1.73. The number of rotatable bonds is 6. The number of para-hydroxylation sites is 1. The first kappa shape index (κ1) is 19.6. The molecule has 5 nitrogen and oxygen atoms in total. The summed E-state index contributed by atoms with van der Waals surface area (Å²) in [5.41, 5.74) is 3.18. The summed E-state index contributed by atoms with van der Waals surface area (Å²) in [6.45, 7) is 2.23. The van der Waals surface area contributed by atoms with Crippen LogP contribution in [-0.2, 0) is 6.61 Å². The Hall–Kier alpha value is -3.73. The summed E-state index contributed by atoms with van der Waals surface area (Å²) in [4.78, 5) is 12.8. The molecule has 0 radical (unpaired) electrons. The number of carbonyl (C=O) groups is 1. The fraction of sp³-hybridized carbons (Fsp3) is 0.160. The number of ether oxygens (including phenoxy) is 4. The molecular formula is C25H22O5. The van der Waals surface area contributed by atoms with Crippen molar-refractivity contribution >= 4 is 11.9 Å². The quantitative estimate of drug-likeness (QED) is 0.530. The Kier molecular flexibility index (Phi) is 5.44.